The smallest absolute Gasteiger partial charge is 0.339 e. The fourth-order valence-electron chi connectivity index (χ4n) is 1.69. The second-order valence-electron chi connectivity index (χ2n) is 3.52. The first-order valence-corrected chi connectivity index (χ1v) is 6.91. The van der Waals surface area contributed by atoms with E-state index in [9.17, 15) is 9.46 Å². The molecule has 0 spiro atoms. The Labute approximate surface area is 116 Å². The molecular weight excluding hydrogens is 234 g/mol. The van der Waals surface area contributed by atoms with E-state index < -0.39 is 7.37 Å². The number of fused-ring (bicyclic) bond motifs is 1. The van der Waals surface area contributed by atoms with Crippen LogP contribution >= 0.6 is 7.37 Å². The third-order valence-corrected chi connectivity index (χ3v) is 3.41. The number of aromatic nitrogens is 2. The molecule has 1 atom stereocenters. The van der Waals surface area contributed by atoms with Crippen LogP contribution in [0.2, 0.25) is 0 Å². The molecule has 1 unspecified atom stereocenters. The maximum atomic E-state index is 11.6. The maximum absolute atomic E-state index is 11.6. The molecule has 1 aromatic heterocycles. The van der Waals surface area contributed by atoms with Crippen molar-refractivity contribution in [3.8, 4) is 0 Å². The summed E-state index contributed by atoms with van der Waals surface area (Å²) in [5, 5.41) is 0. The first-order chi connectivity index (χ1) is 7.04. The minimum Gasteiger partial charge on any atom is -0.339 e. The Balaban J connectivity index is 0.00000128. The van der Waals surface area contributed by atoms with E-state index in [0.29, 0.717) is 6.54 Å². The molecule has 2 aromatic rings. The summed E-state index contributed by atoms with van der Waals surface area (Å²) in [5.74, 6) is 0. The maximum Gasteiger partial charge on any atom is 1.00 e. The zero-order valence-electron chi connectivity index (χ0n) is 9.71. The van der Waals surface area contributed by atoms with Gasteiger partial charge in [-0.25, -0.2) is 4.98 Å². The number of para-hydroxylation sites is 2. The van der Waals surface area contributed by atoms with Gasteiger partial charge in [0.1, 0.15) is 0 Å². The molecule has 4 nitrogen and oxygen atoms in total. The van der Waals surface area contributed by atoms with Crippen LogP contribution in [0.3, 0.4) is 0 Å². The SMILES string of the molecule is CCn1c(P(C)(=O)O)nc2ccccc21.[Na+]. The van der Waals surface area contributed by atoms with E-state index in [0.717, 1.165) is 11.0 Å². The zero-order valence-corrected chi connectivity index (χ0v) is 12.6. The van der Waals surface area contributed by atoms with Crippen LogP contribution in [0.5, 0.6) is 0 Å². The summed E-state index contributed by atoms with van der Waals surface area (Å²) < 4.78 is 13.4. The first-order valence-electron chi connectivity index (χ1n) is 4.80. The van der Waals surface area contributed by atoms with Crippen molar-refractivity contribution in [2.45, 2.75) is 13.5 Å². The topological polar surface area (TPSA) is 55.1 Å². The summed E-state index contributed by atoms with van der Waals surface area (Å²) >= 11 is 0. The Bertz CT molecular complexity index is 547. The molecule has 0 amide bonds. The van der Waals surface area contributed by atoms with Gasteiger partial charge in [0.2, 0.25) is 0 Å². The van der Waals surface area contributed by atoms with Gasteiger partial charge in [-0.05, 0) is 19.1 Å². The molecule has 1 N–H and O–H groups in total. The average molecular weight is 247 g/mol. The molecule has 1 aromatic carbocycles. The number of nitrogens with zero attached hydrogens (tertiary/aromatic N) is 2. The van der Waals surface area contributed by atoms with Crippen molar-refractivity contribution in [3.05, 3.63) is 24.3 Å². The molecule has 16 heavy (non-hydrogen) atoms. The van der Waals surface area contributed by atoms with Crippen molar-refractivity contribution >= 4 is 24.0 Å². The molecule has 0 fully saturated rings. The van der Waals surface area contributed by atoms with Crippen molar-refractivity contribution in [3.63, 3.8) is 0 Å². The second-order valence-corrected chi connectivity index (χ2v) is 5.68. The number of hydrogen-bond acceptors (Lipinski definition) is 2. The molecule has 0 bridgehead atoms. The van der Waals surface area contributed by atoms with Crippen LogP contribution in [0.15, 0.2) is 24.3 Å². The molecule has 0 aliphatic carbocycles. The monoisotopic (exact) mass is 247 g/mol. The molecular formula is C10H13N2NaO2P+. The van der Waals surface area contributed by atoms with Crippen molar-refractivity contribution in [2.75, 3.05) is 6.66 Å². The van der Waals surface area contributed by atoms with Crippen LogP contribution in [-0.4, -0.2) is 21.1 Å². The minimum atomic E-state index is -3.29. The molecule has 0 aliphatic rings. The number of rotatable bonds is 2. The fourth-order valence-corrected chi connectivity index (χ4v) is 2.68. The Morgan fingerprint density at radius 1 is 1.44 bits per heavy atom. The summed E-state index contributed by atoms with van der Waals surface area (Å²) in [6, 6.07) is 7.53. The normalized spacial score (nSPS) is 14.4. The van der Waals surface area contributed by atoms with E-state index in [1.165, 1.54) is 6.66 Å². The van der Waals surface area contributed by atoms with E-state index in [-0.39, 0.29) is 35.1 Å². The van der Waals surface area contributed by atoms with Crippen LogP contribution < -0.4 is 35.1 Å². The largest absolute Gasteiger partial charge is 1.00 e. The Morgan fingerprint density at radius 3 is 2.62 bits per heavy atom. The molecule has 0 saturated carbocycles. The zero-order chi connectivity index (χ0) is 11.1. The molecule has 1 heterocycles. The van der Waals surface area contributed by atoms with Crippen LogP contribution in [0.4, 0.5) is 0 Å². The van der Waals surface area contributed by atoms with E-state index in [1.54, 1.807) is 4.57 Å². The molecule has 2 rings (SSSR count). The predicted octanol–water partition coefficient (Wildman–Crippen LogP) is -1.41. The van der Waals surface area contributed by atoms with E-state index in [2.05, 4.69) is 4.98 Å². The summed E-state index contributed by atoms with van der Waals surface area (Å²) in [6.45, 7) is 3.90. The third-order valence-electron chi connectivity index (χ3n) is 2.32. The summed E-state index contributed by atoms with van der Waals surface area (Å²) in [7, 11) is -3.29. The van der Waals surface area contributed by atoms with Gasteiger partial charge in [-0.1, -0.05) is 12.1 Å². The van der Waals surface area contributed by atoms with Crippen LogP contribution in [0.25, 0.3) is 11.0 Å². The molecule has 80 valence electrons. The van der Waals surface area contributed by atoms with Gasteiger partial charge in [-0.3, -0.25) is 4.57 Å². The second kappa shape index (κ2) is 5.03. The number of hydrogen-bond donors (Lipinski definition) is 1. The van der Waals surface area contributed by atoms with Gasteiger partial charge in [0.05, 0.1) is 11.0 Å². The van der Waals surface area contributed by atoms with Crippen molar-refractivity contribution in [2.24, 2.45) is 0 Å². The van der Waals surface area contributed by atoms with E-state index in [1.807, 2.05) is 31.2 Å². The van der Waals surface area contributed by atoms with Crippen LogP contribution in [0, 0.1) is 0 Å². The Hall–Kier alpha value is -0.120. The Morgan fingerprint density at radius 2 is 2.06 bits per heavy atom. The first kappa shape index (κ1) is 13.9. The summed E-state index contributed by atoms with van der Waals surface area (Å²) in [5.41, 5.74) is 1.96. The molecule has 0 saturated heterocycles. The van der Waals surface area contributed by atoms with Gasteiger partial charge in [-0.2, -0.15) is 0 Å². The standard InChI is InChI=1S/C10H13N2O2P.Na/c1-3-12-9-7-5-4-6-8(9)11-10(12)15(2,13)14;/h4-7H,3H2,1-2H3,(H,13,14);/q;+1. The average Bonchev–Trinajstić information content (AvgIpc) is 2.55. The quantitative estimate of drug-likeness (QED) is 0.524. The Kier molecular flexibility index (Phi) is 4.38. The number of imidazole rings is 1. The van der Waals surface area contributed by atoms with E-state index in [4.69, 9.17) is 0 Å². The van der Waals surface area contributed by atoms with Crippen LogP contribution in [0.1, 0.15) is 6.92 Å². The van der Waals surface area contributed by atoms with Gasteiger partial charge in [-0.15, -0.1) is 0 Å². The minimum absolute atomic E-state index is 0. The van der Waals surface area contributed by atoms with Gasteiger partial charge >= 0.3 is 29.6 Å². The van der Waals surface area contributed by atoms with Gasteiger partial charge in [0.15, 0.2) is 5.57 Å². The van der Waals surface area contributed by atoms with E-state index >= 15 is 0 Å². The predicted molar refractivity (Wildman–Crippen MR) is 60.8 cm³/mol. The van der Waals surface area contributed by atoms with Crippen molar-refractivity contribution in [1.82, 2.24) is 9.55 Å². The third kappa shape index (κ3) is 2.41. The van der Waals surface area contributed by atoms with Gasteiger partial charge < -0.3 is 9.46 Å². The van der Waals surface area contributed by atoms with Crippen molar-refractivity contribution in [1.29, 1.82) is 0 Å². The van der Waals surface area contributed by atoms with Gasteiger partial charge in [0.25, 0.3) is 7.37 Å². The van der Waals surface area contributed by atoms with Crippen LogP contribution in [-0.2, 0) is 11.1 Å². The van der Waals surface area contributed by atoms with Gasteiger partial charge in [0, 0.05) is 13.2 Å². The fraction of sp³-hybridized carbons (Fsp3) is 0.300. The van der Waals surface area contributed by atoms with Crippen molar-refractivity contribution < 1.29 is 39.0 Å². The molecule has 6 heteroatoms. The molecule has 0 radical (unpaired) electrons. The summed E-state index contributed by atoms with van der Waals surface area (Å²) in [4.78, 5) is 13.8. The summed E-state index contributed by atoms with van der Waals surface area (Å²) in [6.07, 6.45) is 0. The molecule has 0 aliphatic heterocycles. The number of benzene rings is 1. The number of aryl methyl sites for hydroxylation is 1.